The fourth-order valence-electron chi connectivity index (χ4n) is 2.08. The van der Waals surface area contributed by atoms with E-state index in [-0.39, 0.29) is 5.41 Å². The minimum Gasteiger partial charge on any atom is -0.383 e. The standard InChI is InChI=1S/C14H28N4O/c1-5-8-18-13(16-12-17-18)10-14(3,6-2)11-15-7-9-19-4/h12,15H,5-11H2,1-4H3. The second-order valence-corrected chi connectivity index (χ2v) is 5.41. The van der Waals surface area contributed by atoms with Crippen LogP contribution in [0.1, 0.15) is 39.4 Å². The van der Waals surface area contributed by atoms with Crippen molar-refractivity contribution in [3.8, 4) is 0 Å². The van der Waals surface area contributed by atoms with Crippen LogP contribution >= 0.6 is 0 Å². The maximum Gasteiger partial charge on any atom is 0.138 e. The van der Waals surface area contributed by atoms with Crippen molar-refractivity contribution < 1.29 is 4.74 Å². The van der Waals surface area contributed by atoms with E-state index in [1.54, 1.807) is 13.4 Å². The van der Waals surface area contributed by atoms with E-state index in [0.717, 1.165) is 51.3 Å². The van der Waals surface area contributed by atoms with Gasteiger partial charge in [0.1, 0.15) is 12.2 Å². The highest BCUT2D eigenvalue weighted by Gasteiger charge is 2.24. The largest absolute Gasteiger partial charge is 0.383 e. The van der Waals surface area contributed by atoms with Crippen molar-refractivity contribution in [3.63, 3.8) is 0 Å². The molecular formula is C14H28N4O. The molecule has 0 fully saturated rings. The third-order valence-corrected chi connectivity index (χ3v) is 3.60. The first-order chi connectivity index (χ1) is 9.15. The van der Waals surface area contributed by atoms with Crippen molar-refractivity contribution in [2.24, 2.45) is 5.41 Å². The lowest BCUT2D eigenvalue weighted by Crippen LogP contribution is -2.35. The number of methoxy groups -OCH3 is 1. The summed E-state index contributed by atoms with van der Waals surface area (Å²) in [6.45, 7) is 10.3. The molecule has 1 aromatic heterocycles. The van der Waals surface area contributed by atoms with Crippen molar-refractivity contribution in [1.29, 1.82) is 0 Å². The summed E-state index contributed by atoms with van der Waals surface area (Å²) >= 11 is 0. The molecule has 110 valence electrons. The zero-order chi connectivity index (χ0) is 14.1. The van der Waals surface area contributed by atoms with Gasteiger partial charge in [-0.15, -0.1) is 0 Å². The number of hydrogen-bond donors (Lipinski definition) is 1. The molecule has 0 aromatic carbocycles. The number of hydrogen-bond acceptors (Lipinski definition) is 4. The van der Waals surface area contributed by atoms with E-state index in [2.05, 4.69) is 36.2 Å². The van der Waals surface area contributed by atoms with Crippen LogP contribution in [0.4, 0.5) is 0 Å². The molecule has 0 spiro atoms. The fraction of sp³-hybridized carbons (Fsp3) is 0.857. The van der Waals surface area contributed by atoms with Crippen LogP contribution in [0.5, 0.6) is 0 Å². The summed E-state index contributed by atoms with van der Waals surface area (Å²) in [5.41, 5.74) is 0.215. The van der Waals surface area contributed by atoms with Gasteiger partial charge in [0, 0.05) is 33.2 Å². The third-order valence-electron chi connectivity index (χ3n) is 3.60. The quantitative estimate of drug-likeness (QED) is 0.658. The van der Waals surface area contributed by atoms with Crippen molar-refractivity contribution >= 4 is 0 Å². The number of rotatable bonds is 10. The Kier molecular flexibility index (Phi) is 7.02. The molecular weight excluding hydrogens is 240 g/mol. The highest BCUT2D eigenvalue weighted by molar-refractivity contribution is 4.93. The summed E-state index contributed by atoms with van der Waals surface area (Å²) in [7, 11) is 1.73. The van der Waals surface area contributed by atoms with E-state index in [1.807, 2.05) is 4.68 Å². The molecule has 0 radical (unpaired) electrons. The molecule has 1 atom stereocenters. The van der Waals surface area contributed by atoms with Crippen LogP contribution in [-0.4, -0.2) is 41.6 Å². The molecule has 0 bridgehead atoms. The van der Waals surface area contributed by atoms with Gasteiger partial charge in [0.2, 0.25) is 0 Å². The molecule has 5 nitrogen and oxygen atoms in total. The van der Waals surface area contributed by atoms with E-state index in [4.69, 9.17) is 4.74 Å². The lowest BCUT2D eigenvalue weighted by Gasteiger charge is -2.28. The Bertz CT molecular complexity index is 353. The molecule has 0 amide bonds. The summed E-state index contributed by atoms with van der Waals surface area (Å²) in [5, 5.41) is 7.76. The number of aromatic nitrogens is 3. The van der Waals surface area contributed by atoms with Crippen LogP contribution in [0.25, 0.3) is 0 Å². The van der Waals surface area contributed by atoms with Gasteiger partial charge in [-0.25, -0.2) is 4.98 Å². The summed E-state index contributed by atoms with van der Waals surface area (Å²) in [4.78, 5) is 4.41. The maximum atomic E-state index is 5.06. The van der Waals surface area contributed by atoms with E-state index < -0.39 is 0 Å². The third kappa shape index (κ3) is 5.28. The van der Waals surface area contributed by atoms with E-state index >= 15 is 0 Å². The van der Waals surface area contributed by atoms with E-state index in [0.29, 0.717) is 0 Å². The van der Waals surface area contributed by atoms with Gasteiger partial charge < -0.3 is 10.1 Å². The van der Waals surface area contributed by atoms with Crippen LogP contribution in [-0.2, 0) is 17.7 Å². The summed E-state index contributed by atoms with van der Waals surface area (Å²) in [6.07, 6.45) is 4.83. The van der Waals surface area contributed by atoms with Crippen molar-refractivity contribution in [3.05, 3.63) is 12.2 Å². The maximum absolute atomic E-state index is 5.06. The lowest BCUT2D eigenvalue weighted by atomic mass is 9.83. The summed E-state index contributed by atoms with van der Waals surface area (Å²) in [6, 6.07) is 0. The zero-order valence-corrected chi connectivity index (χ0v) is 12.8. The second kappa shape index (κ2) is 8.27. The first-order valence-electron chi connectivity index (χ1n) is 7.21. The zero-order valence-electron chi connectivity index (χ0n) is 12.8. The van der Waals surface area contributed by atoms with Crippen LogP contribution in [0, 0.1) is 5.41 Å². The van der Waals surface area contributed by atoms with Gasteiger partial charge in [0.05, 0.1) is 6.61 Å². The molecule has 19 heavy (non-hydrogen) atoms. The predicted octanol–water partition coefficient (Wildman–Crippen LogP) is 1.88. The van der Waals surface area contributed by atoms with Crippen LogP contribution in [0.3, 0.4) is 0 Å². The van der Waals surface area contributed by atoms with Gasteiger partial charge in [-0.05, 0) is 18.3 Å². The second-order valence-electron chi connectivity index (χ2n) is 5.41. The monoisotopic (exact) mass is 268 g/mol. The van der Waals surface area contributed by atoms with Crippen molar-refractivity contribution in [1.82, 2.24) is 20.1 Å². The number of nitrogens with one attached hydrogen (secondary N) is 1. The predicted molar refractivity (Wildman–Crippen MR) is 77.2 cm³/mol. The topological polar surface area (TPSA) is 52.0 Å². The van der Waals surface area contributed by atoms with Crippen LogP contribution < -0.4 is 5.32 Å². The fourth-order valence-corrected chi connectivity index (χ4v) is 2.08. The minimum absolute atomic E-state index is 0.215. The number of nitrogens with zero attached hydrogens (tertiary/aromatic N) is 3. The first kappa shape index (κ1) is 16.1. The van der Waals surface area contributed by atoms with Gasteiger partial charge in [0.15, 0.2) is 0 Å². The number of aryl methyl sites for hydroxylation is 1. The Morgan fingerprint density at radius 2 is 2.21 bits per heavy atom. The van der Waals surface area contributed by atoms with Crippen molar-refractivity contribution in [2.75, 3.05) is 26.8 Å². The van der Waals surface area contributed by atoms with Gasteiger partial charge >= 0.3 is 0 Å². The first-order valence-corrected chi connectivity index (χ1v) is 7.21. The van der Waals surface area contributed by atoms with E-state index in [1.165, 1.54) is 0 Å². The van der Waals surface area contributed by atoms with E-state index in [9.17, 15) is 0 Å². The Balaban J connectivity index is 2.55. The molecule has 0 saturated heterocycles. The lowest BCUT2D eigenvalue weighted by molar-refractivity contribution is 0.190. The normalized spacial score (nSPS) is 14.5. The molecule has 0 saturated carbocycles. The highest BCUT2D eigenvalue weighted by atomic mass is 16.5. The average molecular weight is 268 g/mol. The SMILES string of the molecule is CCCn1ncnc1CC(C)(CC)CNCCOC. The summed E-state index contributed by atoms with van der Waals surface area (Å²) in [5.74, 6) is 1.10. The Labute approximate surface area is 116 Å². The highest BCUT2D eigenvalue weighted by Crippen LogP contribution is 2.24. The van der Waals surface area contributed by atoms with Crippen LogP contribution in [0.15, 0.2) is 6.33 Å². The van der Waals surface area contributed by atoms with Gasteiger partial charge in [0.25, 0.3) is 0 Å². The molecule has 0 aliphatic heterocycles. The molecule has 5 heteroatoms. The molecule has 1 N–H and O–H groups in total. The van der Waals surface area contributed by atoms with Gasteiger partial charge in [-0.1, -0.05) is 20.8 Å². The Hall–Kier alpha value is -0.940. The molecule has 0 aliphatic carbocycles. The smallest absolute Gasteiger partial charge is 0.138 e. The number of ether oxygens (including phenoxy) is 1. The van der Waals surface area contributed by atoms with Crippen molar-refractivity contribution in [2.45, 2.75) is 46.6 Å². The molecule has 1 unspecified atom stereocenters. The minimum atomic E-state index is 0.215. The molecule has 1 heterocycles. The average Bonchev–Trinajstić information content (AvgIpc) is 2.82. The van der Waals surface area contributed by atoms with Crippen LogP contribution in [0.2, 0.25) is 0 Å². The molecule has 1 rings (SSSR count). The molecule has 1 aromatic rings. The van der Waals surface area contributed by atoms with Gasteiger partial charge in [-0.3, -0.25) is 4.68 Å². The molecule has 0 aliphatic rings. The Morgan fingerprint density at radius 1 is 1.42 bits per heavy atom. The van der Waals surface area contributed by atoms with Gasteiger partial charge in [-0.2, -0.15) is 5.10 Å². The Morgan fingerprint density at radius 3 is 2.84 bits per heavy atom. The summed E-state index contributed by atoms with van der Waals surface area (Å²) < 4.78 is 7.09.